The molecule has 1 aliphatic carbocycles. The molecule has 0 aromatic carbocycles. The molecule has 1 saturated heterocycles. The third-order valence-electron chi connectivity index (χ3n) is 3.53. The maximum absolute atomic E-state index is 12.3. The van der Waals surface area contributed by atoms with E-state index in [1.54, 1.807) is 4.90 Å². The van der Waals surface area contributed by atoms with Crippen molar-refractivity contribution in [3.05, 3.63) is 11.6 Å². The summed E-state index contributed by atoms with van der Waals surface area (Å²) in [7, 11) is 0. The molecule has 2 atom stereocenters. The van der Waals surface area contributed by atoms with E-state index in [4.69, 9.17) is 4.74 Å². The number of carbonyl (C=O) groups excluding carboxylic acids is 1. The van der Waals surface area contributed by atoms with Crippen LogP contribution >= 0.6 is 0 Å². The highest BCUT2D eigenvalue weighted by molar-refractivity contribution is 5.90. The van der Waals surface area contributed by atoms with Gasteiger partial charge in [0.25, 0.3) is 5.91 Å². The molecule has 6 heteroatoms. The predicted molar refractivity (Wildman–Crippen MR) is 64.3 cm³/mol. The lowest BCUT2D eigenvalue weighted by Gasteiger charge is -2.36. The van der Waals surface area contributed by atoms with Crippen LogP contribution in [0.1, 0.15) is 49.1 Å². The summed E-state index contributed by atoms with van der Waals surface area (Å²) in [6.07, 6.45) is 2.37. The van der Waals surface area contributed by atoms with Gasteiger partial charge in [-0.05, 0) is 26.7 Å². The van der Waals surface area contributed by atoms with Gasteiger partial charge >= 0.3 is 0 Å². The van der Waals surface area contributed by atoms with Crippen molar-refractivity contribution in [3.8, 4) is 0 Å². The minimum absolute atomic E-state index is 0.0759. The van der Waals surface area contributed by atoms with Gasteiger partial charge in [0, 0.05) is 12.5 Å². The minimum atomic E-state index is -0.0965. The van der Waals surface area contributed by atoms with Crippen LogP contribution in [0.15, 0.2) is 0 Å². The maximum atomic E-state index is 12.3. The van der Waals surface area contributed by atoms with Crippen molar-refractivity contribution in [1.29, 1.82) is 0 Å². The Morgan fingerprint density at radius 3 is 2.94 bits per heavy atom. The normalized spacial score (nSPS) is 28.4. The number of hydrogen-bond donors (Lipinski definition) is 1. The molecule has 0 spiro atoms. The van der Waals surface area contributed by atoms with Crippen LogP contribution in [0.4, 0.5) is 0 Å². The molecule has 1 N–H and O–H groups in total. The maximum Gasteiger partial charge on any atom is 0.293 e. The molecular weight excluding hydrogens is 232 g/mol. The van der Waals surface area contributed by atoms with E-state index < -0.39 is 0 Å². The number of aromatic amines is 1. The zero-order valence-electron chi connectivity index (χ0n) is 10.7. The van der Waals surface area contributed by atoms with Gasteiger partial charge in [0.2, 0.25) is 5.82 Å². The first-order chi connectivity index (χ1) is 8.65. The molecule has 2 unspecified atom stereocenters. The molecule has 1 amide bonds. The summed E-state index contributed by atoms with van der Waals surface area (Å²) in [5.74, 6) is 1.53. The number of rotatable bonds is 2. The minimum Gasteiger partial charge on any atom is -0.375 e. The smallest absolute Gasteiger partial charge is 0.293 e. The number of amides is 1. The van der Waals surface area contributed by atoms with E-state index in [0.29, 0.717) is 19.1 Å². The molecule has 2 aliphatic rings. The highest BCUT2D eigenvalue weighted by Gasteiger charge is 2.32. The lowest BCUT2D eigenvalue weighted by molar-refractivity contribution is -0.0391. The van der Waals surface area contributed by atoms with E-state index in [1.165, 1.54) is 0 Å². The summed E-state index contributed by atoms with van der Waals surface area (Å²) >= 11 is 0. The number of morpholine rings is 1. The van der Waals surface area contributed by atoms with E-state index >= 15 is 0 Å². The first kappa shape index (κ1) is 11.6. The van der Waals surface area contributed by atoms with Crippen molar-refractivity contribution < 1.29 is 9.53 Å². The summed E-state index contributed by atoms with van der Waals surface area (Å²) in [5.41, 5.74) is 0. The molecule has 1 aromatic rings. The lowest BCUT2D eigenvalue weighted by Crippen LogP contribution is -2.50. The SMILES string of the molecule is CC1CN(C(=O)c2n[nH]c(C3CC3)n2)C(C)CO1. The van der Waals surface area contributed by atoms with E-state index in [9.17, 15) is 4.79 Å². The van der Waals surface area contributed by atoms with Gasteiger partial charge in [-0.25, -0.2) is 4.98 Å². The number of carbonyl (C=O) groups is 1. The molecule has 0 bridgehead atoms. The zero-order valence-corrected chi connectivity index (χ0v) is 10.7. The van der Waals surface area contributed by atoms with E-state index in [2.05, 4.69) is 15.2 Å². The van der Waals surface area contributed by atoms with Gasteiger partial charge in [-0.1, -0.05) is 0 Å². The number of nitrogens with zero attached hydrogens (tertiary/aromatic N) is 3. The third kappa shape index (κ3) is 2.12. The summed E-state index contributed by atoms with van der Waals surface area (Å²) < 4.78 is 5.52. The first-order valence-electron chi connectivity index (χ1n) is 6.50. The highest BCUT2D eigenvalue weighted by atomic mass is 16.5. The third-order valence-corrected chi connectivity index (χ3v) is 3.53. The van der Waals surface area contributed by atoms with Crippen molar-refractivity contribution in [1.82, 2.24) is 20.1 Å². The Bertz CT molecular complexity index is 455. The number of hydrogen-bond acceptors (Lipinski definition) is 4. The van der Waals surface area contributed by atoms with Crippen molar-refractivity contribution in [2.75, 3.05) is 13.2 Å². The van der Waals surface area contributed by atoms with Crippen LogP contribution in [0, 0.1) is 0 Å². The van der Waals surface area contributed by atoms with E-state index in [0.717, 1.165) is 18.7 Å². The summed E-state index contributed by atoms with van der Waals surface area (Å²) in [6.45, 7) is 5.14. The molecule has 2 heterocycles. The number of H-pyrrole nitrogens is 1. The fourth-order valence-corrected chi connectivity index (χ4v) is 2.22. The summed E-state index contributed by atoms with van der Waals surface area (Å²) in [5, 5.41) is 6.92. The number of aromatic nitrogens is 3. The van der Waals surface area contributed by atoms with E-state index in [1.807, 2.05) is 13.8 Å². The molecule has 18 heavy (non-hydrogen) atoms. The molecular formula is C12H18N4O2. The van der Waals surface area contributed by atoms with Crippen molar-refractivity contribution in [2.24, 2.45) is 0 Å². The summed E-state index contributed by atoms with van der Waals surface area (Å²) in [4.78, 5) is 18.4. The Labute approximate surface area is 106 Å². The van der Waals surface area contributed by atoms with Gasteiger partial charge in [-0.3, -0.25) is 9.89 Å². The monoisotopic (exact) mass is 250 g/mol. The van der Waals surface area contributed by atoms with Crippen LogP contribution in [0.25, 0.3) is 0 Å². The van der Waals surface area contributed by atoms with Crippen molar-refractivity contribution in [2.45, 2.75) is 44.8 Å². The average Bonchev–Trinajstić information content (AvgIpc) is 3.09. The van der Waals surface area contributed by atoms with Crippen LogP contribution in [0.5, 0.6) is 0 Å². The van der Waals surface area contributed by atoms with Gasteiger partial charge < -0.3 is 9.64 Å². The predicted octanol–water partition coefficient (Wildman–Crippen LogP) is 0.931. The highest BCUT2D eigenvalue weighted by Crippen LogP contribution is 2.37. The number of nitrogens with one attached hydrogen (secondary N) is 1. The molecule has 1 saturated carbocycles. The largest absolute Gasteiger partial charge is 0.375 e. The fraction of sp³-hybridized carbons (Fsp3) is 0.750. The van der Waals surface area contributed by atoms with Crippen LogP contribution in [0.3, 0.4) is 0 Å². The molecule has 1 aliphatic heterocycles. The van der Waals surface area contributed by atoms with E-state index in [-0.39, 0.29) is 23.9 Å². The Balaban J connectivity index is 1.75. The van der Waals surface area contributed by atoms with Gasteiger partial charge in [0.15, 0.2) is 0 Å². The van der Waals surface area contributed by atoms with Gasteiger partial charge in [0.1, 0.15) is 5.82 Å². The molecule has 98 valence electrons. The van der Waals surface area contributed by atoms with Crippen LogP contribution in [0.2, 0.25) is 0 Å². The molecule has 0 radical (unpaired) electrons. The second-order valence-corrected chi connectivity index (χ2v) is 5.27. The second kappa shape index (κ2) is 4.35. The molecule has 2 fully saturated rings. The van der Waals surface area contributed by atoms with Gasteiger partial charge in [0.05, 0.1) is 18.8 Å². The van der Waals surface area contributed by atoms with Crippen LogP contribution in [-0.4, -0.2) is 51.3 Å². The molecule has 3 rings (SSSR count). The van der Waals surface area contributed by atoms with Gasteiger partial charge in [-0.15, -0.1) is 5.10 Å². The van der Waals surface area contributed by atoms with Gasteiger partial charge in [-0.2, -0.15) is 0 Å². The van der Waals surface area contributed by atoms with Crippen molar-refractivity contribution >= 4 is 5.91 Å². The second-order valence-electron chi connectivity index (χ2n) is 5.27. The quantitative estimate of drug-likeness (QED) is 0.847. The van der Waals surface area contributed by atoms with Crippen molar-refractivity contribution in [3.63, 3.8) is 0 Å². The molecule has 6 nitrogen and oxygen atoms in total. The lowest BCUT2D eigenvalue weighted by atomic mass is 10.2. The van der Waals surface area contributed by atoms with Crippen LogP contribution in [-0.2, 0) is 4.74 Å². The Kier molecular flexibility index (Phi) is 2.81. The average molecular weight is 250 g/mol. The topological polar surface area (TPSA) is 71.1 Å². The Morgan fingerprint density at radius 2 is 2.22 bits per heavy atom. The fourth-order valence-electron chi connectivity index (χ4n) is 2.22. The first-order valence-corrected chi connectivity index (χ1v) is 6.50. The summed E-state index contributed by atoms with van der Waals surface area (Å²) in [6, 6.07) is 0.0802. The Hall–Kier alpha value is -1.43. The standard InChI is InChI=1S/C12H18N4O2/c1-7-6-18-8(2)5-16(7)12(17)11-13-10(14-15-11)9-3-4-9/h7-9H,3-6H2,1-2H3,(H,13,14,15). The zero-order chi connectivity index (χ0) is 12.7. The Morgan fingerprint density at radius 1 is 1.44 bits per heavy atom. The number of ether oxygens (including phenoxy) is 1. The molecule has 1 aromatic heterocycles. The van der Waals surface area contributed by atoms with Crippen LogP contribution < -0.4 is 0 Å².